The van der Waals surface area contributed by atoms with E-state index in [0.29, 0.717) is 0 Å². The minimum atomic E-state index is -0.290. The van der Waals surface area contributed by atoms with E-state index in [9.17, 15) is 4.79 Å². The van der Waals surface area contributed by atoms with Gasteiger partial charge in [-0.05, 0) is 18.9 Å². The summed E-state index contributed by atoms with van der Waals surface area (Å²) in [5, 5.41) is 2.64. The number of cyclic esters (lactones) is 1. The lowest BCUT2D eigenvalue weighted by Gasteiger charge is -2.20. The maximum Gasteiger partial charge on any atom is 0.407 e. The van der Waals surface area contributed by atoms with Crippen LogP contribution in [0.3, 0.4) is 0 Å². The van der Waals surface area contributed by atoms with E-state index in [0.717, 1.165) is 19.4 Å². The molecule has 1 atom stereocenters. The van der Waals surface area contributed by atoms with Crippen LogP contribution in [0.4, 0.5) is 4.79 Å². The predicted molar refractivity (Wildman–Crippen MR) is 60.8 cm³/mol. The first-order valence-corrected chi connectivity index (χ1v) is 5.94. The number of allylic oxidation sites excluding steroid dienone is 1. The van der Waals surface area contributed by atoms with Crippen molar-refractivity contribution in [3.8, 4) is 0 Å². The highest BCUT2D eigenvalue weighted by Gasteiger charge is 2.16. The van der Waals surface area contributed by atoms with Gasteiger partial charge in [0.1, 0.15) is 6.10 Å². The lowest BCUT2D eigenvalue weighted by atomic mass is 10.1. The van der Waals surface area contributed by atoms with Crippen molar-refractivity contribution in [3.05, 3.63) is 12.2 Å². The number of ether oxygens (including phenoxy) is 1. The van der Waals surface area contributed by atoms with Gasteiger partial charge in [0.15, 0.2) is 0 Å². The van der Waals surface area contributed by atoms with Crippen LogP contribution in [0.2, 0.25) is 0 Å². The van der Waals surface area contributed by atoms with Crippen LogP contribution in [0.1, 0.15) is 45.4 Å². The van der Waals surface area contributed by atoms with Crippen LogP contribution in [0, 0.1) is 0 Å². The summed E-state index contributed by atoms with van der Waals surface area (Å²) >= 11 is 0. The molecule has 1 rings (SSSR count). The summed E-state index contributed by atoms with van der Waals surface area (Å²) in [5.74, 6) is 0. The Kier molecular flexibility index (Phi) is 5.90. The molecule has 86 valence electrons. The Hall–Kier alpha value is -0.990. The smallest absolute Gasteiger partial charge is 0.407 e. The Morgan fingerprint density at radius 3 is 3.07 bits per heavy atom. The minimum absolute atomic E-state index is 0.00933. The van der Waals surface area contributed by atoms with E-state index in [1.165, 1.54) is 25.7 Å². The standard InChI is InChI=1S/C12H21NO2/c1-2-3-4-5-6-7-8-11-9-10-13-12(14)15-11/h7-8,11H,2-6,9-10H2,1H3,(H,13,14)/b8-7+. The van der Waals surface area contributed by atoms with Gasteiger partial charge < -0.3 is 10.1 Å². The topological polar surface area (TPSA) is 38.3 Å². The first-order chi connectivity index (χ1) is 7.33. The van der Waals surface area contributed by atoms with E-state index in [4.69, 9.17) is 4.74 Å². The molecule has 1 unspecified atom stereocenters. The molecular formula is C12H21NO2. The predicted octanol–water partition coefficient (Wildman–Crippen LogP) is 3.01. The molecule has 1 N–H and O–H groups in total. The average molecular weight is 211 g/mol. The summed E-state index contributed by atoms with van der Waals surface area (Å²) in [5.41, 5.74) is 0. The molecular weight excluding hydrogens is 190 g/mol. The van der Waals surface area contributed by atoms with E-state index in [1.54, 1.807) is 0 Å². The molecule has 0 aromatic rings. The van der Waals surface area contributed by atoms with Crippen molar-refractivity contribution in [2.75, 3.05) is 6.54 Å². The van der Waals surface area contributed by atoms with Crippen LogP contribution >= 0.6 is 0 Å². The lowest BCUT2D eigenvalue weighted by Crippen LogP contribution is -2.36. The normalized spacial score (nSPS) is 21.4. The molecule has 3 heteroatoms. The van der Waals surface area contributed by atoms with Crippen LogP contribution in [0.25, 0.3) is 0 Å². The molecule has 15 heavy (non-hydrogen) atoms. The third-order valence-electron chi connectivity index (χ3n) is 2.53. The van der Waals surface area contributed by atoms with E-state index in [2.05, 4.69) is 18.3 Å². The fourth-order valence-electron chi connectivity index (χ4n) is 1.63. The van der Waals surface area contributed by atoms with E-state index < -0.39 is 0 Å². The molecule has 1 fully saturated rings. The second-order valence-electron chi connectivity index (χ2n) is 3.94. The summed E-state index contributed by atoms with van der Waals surface area (Å²) in [6.45, 7) is 2.94. The van der Waals surface area contributed by atoms with E-state index in [-0.39, 0.29) is 12.2 Å². The highest BCUT2D eigenvalue weighted by Crippen LogP contribution is 2.08. The number of unbranched alkanes of at least 4 members (excludes halogenated alkanes) is 4. The van der Waals surface area contributed by atoms with E-state index in [1.807, 2.05) is 6.08 Å². The fourth-order valence-corrected chi connectivity index (χ4v) is 1.63. The van der Waals surface area contributed by atoms with Gasteiger partial charge in [-0.3, -0.25) is 0 Å². The Bertz CT molecular complexity index is 214. The summed E-state index contributed by atoms with van der Waals surface area (Å²) in [6, 6.07) is 0. The van der Waals surface area contributed by atoms with Gasteiger partial charge in [0.05, 0.1) is 0 Å². The fraction of sp³-hybridized carbons (Fsp3) is 0.750. The van der Waals surface area contributed by atoms with Crippen molar-refractivity contribution in [1.29, 1.82) is 0 Å². The number of carbonyl (C=O) groups is 1. The monoisotopic (exact) mass is 211 g/mol. The average Bonchev–Trinajstić information content (AvgIpc) is 2.23. The summed E-state index contributed by atoms with van der Waals surface area (Å²) in [4.78, 5) is 10.9. The van der Waals surface area contributed by atoms with Crippen molar-refractivity contribution < 1.29 is 9.53 Å². The number of nitrogens with one attached hydrogen (secondary N) is 1. The molecule has 0 aliphatic carbocycles. The second-order valence-corrected chi connectivity index (χ2v) is 3.94. The zero-order valence-electron chi connectivity index (χ0n) is 9.50. The van der Waals surface area contributed by atoms with Crippen LogP contribution in [-0.2, 0) is 4.74 Å². The van der Waals surface area contributed by atoms with Crippen LogP contribution in [0.15, 0.2) is 12.2 Å². The maximum atomic E-state index is 10.9. The molecule has 3 nitrogen and oxygen atoms in total. The number of carbonyl (C=O) groups excluding carboxylic acids is 1. The van der Waals surface area contributed by atoms with Gasteiger partial charge in [-0.15, -0.1) is 0 Å². The quantitative estimate of drug-likeness (QED) is 0.541. The molecule has 1 aliphatic heterocycles. The minimum Gasteiger partial charge on any atom is -0.442 e. The number of amides is 1. The van der Waals surface area contributed by atoms with Crippen LogP contribution in [-0.4, -0.2) is 18.7 Å². The largest absolute Gasteiger partial charge is 0.442 e. The van der Waals surface area contributed by atoms with Gasteiger partial charge in [-0.1, -0.05) is 32.3 Å². The molecule has 0 radical (unpaired) electrons. The van der Waals surface area contributed by atoms with Gasteiger partial charge in [-0.2, -0.15) is 0 Å². The van der Waals surface area contributed by atoms with Gasteiger partial charge >= 0.3 is 6.09 Å². The Morgan fingerprint density at radius 1 is 1.47 bits per heavy atom. The van der Waals surface area contributed by atoms with Gasteiger partial charge in [0.25, 0.3) is 0 Å². The number of alkyl carbamates (subject to hydrolysis) is 1. The van der Waals surface area contributed by atoms with Crippen molar-refractivity contribution in [3.63, 3.8) is 0 Å². The molecule has 0 bridgehead atoms. The molecule has 1 amide bonds. The van der Waals surface area contributed by atoms with Crippen molar-refractivity contribution >= 4 is 6.09 Å². The van der Waals surface area contributed by atoms with Gasteiger partial charge in [0, 0.05) is 13.0 Å². The number of hydrogen-bond acceptors (Lipinski definition) is 2. The van der Waals surface area contributed by atoms with E-state index >= 15 is 0 Å². The molecule has 0 spiro atoms. The molecule has 1 saturated heterocycles. The Labute approximate surface area is 91.9 Å². The maximum absolute atomic E-state index is 10.9. The third kappa shape index (κ3) is 5.45. The second kappa shape index (κ2) is 7.32. The van der Waals surface area contributed by atoms with Gasteiger partial charge in [0.2, 0.25) is 0 Å². The first-order valence-electron chi connectivity index (χ1n) is 5.94. The molecule has 0 saturated carbocycles. The molecule has 0 aromatic carbocycles. The number of hydrogen-bond donors (Lipinski definition) is 1. The Morgan fingerprint density at radius 2 is 2.33 bits per heavy atom. The van der Waals surface area contributed by atoms with Crippen LogP contribution in [0.5, 0.6) is 0 Å². The molecule has 1 aliphatic rings. The zero-order chi connectivity index (χ0) is 10.9. The summed E-state index contributed by atoms with van der Waals surface area (Å²) in [7, 11) is 0. The highest BCUT2D eigenvalue weighted by atomic mass is 16.6. The van der Waals surface area contributed by atoms with Crippen molar-refractivity contribution in [2.45, 2.75) is 51.6 Å². The molecule has 0 aromatic heterocycles. The van der Waals surface area contributed by atoms with Crippen molar-refractivity contribution in [1.82, 2.24) is 5.32 Å². The molecule has 1 heterocycles. The highest BCUT2D eigenvalue weighted by molar-refractivity contribution is 5.68. The summed E-state index contributed by atoms with van der Waals surface area (Å²) < 4.78 is 5.08. The zero-order valence-corrected chi connectivity index (χ0v) is 9.50. The van der Waals surface area contributed by atoms with Crippen molar-refractivity contribution in [2.24, 2.45) is 0 Å². The lowest BCUT2D eigenvalue weighted by molar-refractivity contribution is 0.0975. The first kappa shape index (κ1) is 12.1. The third-order valence-corrected chi connectivity index (χ3v) is 2.53. The van der Waals surface area contributed by atoms with Crippen LogP contribution < -0.4 is 5.32 Å². The Balaban J connectivity index is 2.06. The SMILES string of the molecule is CCCCCC/C=C/C1CCNC(=O)O1. The van der Waals surface area contributed by atoms with Gasteiger partial charge in [-0.25, -0.2) is 4.79 Å². The summed E-state index contributed by atoms with van der Waals surface area (Å²) in [6.07, 6.45) is 11.0. The number of rotatable bonds is 6.